The van der Waals surface area contributed by atoms with E-state index in [2.05, 4.69) is 4.98 Å². The number of hydrogen-bond donors (Lipinski definition) is 2. The Morgan fingerprint density at radius 1 is 1.16 bits per heavy atom. The Morgan fingerprint density at radius 2 is 1.95 bits per heavy atom. The second-order valence-electron chi connectivity index (χ2n) is 4.49. The first-order valence-electron chi connectivity index (χ1n) is 6.05. The number of fused-ring (bicyclic) bond motifs is 1. The van der Waals surface area contributed by atoms with Crippen LogP contribution in [0.1, 0.15) is 11.1 Å². The number of aryl methyl sites for hydroxylation is 1. The molecular formula is C15H14N4. The van der Waals surface area contributed by atoms with Crippen LogP contribution in [-0.2, 0) is 0 Å². The predicted octanol–water partition coefficient (Wildman–Crippen LogP) is 2.62. The standard InChI is InChI=1S/C15H14N4/c1-10-5-4-6-11(15(16)17)14(10)19-9-18-12-7-2-3-8-13(12)19/h2-9H,1H3,(H3,16,17). The van der Waals surface area contributed by atoms with Gasteiger partial charge in [0.15, 0.2) is 0 Å². The summed E-state index contributed by atoms with van der Waals surface area (Å²) in [6.45, 7) is 2.01. The molecule has 2 aromatic carbocycles. The number of nitrogens with one attached hydrogen (secondary N) is 1. The van der Waals surface area contributed by atoms with Crippen molar-refractivity contribution in [1.29, 1.82) is 5.41 Å². The molecule has 0 radical (unpaired) electrons. The fourth-order valence-electron chi connectivity index (χ4n) is 2.33. The van der Waals surface area contributed by atoms with E-state index >= 15 is 0 Å². The number of imidazole rings is 1. The normalized spacial score (nSPS) is 10.8. The molecule has 0 fully saturated rings. The average Bonchev–Trinajstić information content (AvgIpc) is 2.82. The van der Waals surface area contributed by atoms with E-state index in [1.807, 2.05) is 54.0 Å². The van der Waals surface area contributed by atoms with Crippen LogP contribution in [0.2, 0.25) is 0 Å². The fourth-order valence-corrected chi connectivity index (χ4v) is 2.33. The molecule has 0 saturated heterocycles. The van der Waals surface area contributed by atoms with Crippen LogP contribution >= 0.6 is 0 Å². The number of benzene rings is 2. The van der Waals surface area contributed by atoms with E-state index in [0.717, 1.165) is 27.8 Å². The first-order valence-corrected chi connectivity index (χ1v) is 6.05. The summed E-state index contributed by atoms with van der Waals surface area (Å²) in [5.41, 5.74) is 10.3. The van der Waals surface area contributed by atoms with Crippen molar-refractivity contribution in [2.75, 3.05) is 0 Å². The Kier molecular flexibility index (Phi) is 2.56. The van der Waals surface area contributed by atoms with Crippen LogP contribution in [0, 0.1) is 12.3 Å². The molecule has 4 nitrogen and oxygen atoms in total. The molecule has 0 aliphatic rings. The maximum absolute atomic E-state index is 7.73. The minimum Gasteiger partial charge on any atom is -0.384 e. The molecule has 19 heavy (non-hydrogen) atoms. The van der Waals surface area contributed by atoms with Crippen LogP contribution in [0.4, 0.5) is 0 Å². The van der Waals surface area contributed by atoms with Crippen molar-refractivity contribution in [3.8, 4) is 5.69 Å². The monoisotopic (exact) mass is 250 g/mol. The fraction of sp³-hybridized carbons (Fsp3) is 0.0667. The van der Waals surface area contributed by atoms with Crippen LogP contribution in [-0.4, -0.2) is 15.4 Å². The highest BCUT2D eigenvalue weighted by Gasteiger charge is 2.12. The number of nitrogen functional groups attached to an aromatic ring is 1. The minimum absolute atomic E-state index is 0.0662. The van der Waals surface area contributed by atoms with Crippen LogP contribution in [0.5, 0.6) is 0 Å². The molecule has 4 heteroatoms. The van der Waals surface area contributed by atoms with Gasteiger partial charge in [0, 0.05) is 5.56 Å². The predicted molar refractivity (Wildman–Crippen MR) is 76.8 cm³/mol. The van der Waals surface area contributed by atoms with Gasteiger partial charge < -0.3 is 5.73 Å². The first-order chi connectivity index (χ1) is 9.18. The molecule has 0 unspecified atom stereocenters. The highest BCUT2D eigenvalue weighted by atomic mass is 15.1. The van der Waals surface area contributed by atoms with Crippen molar-refractivity contribution >= 4 is 16.9 Å². The summed E-state index contributed by atoms with van der Waals surface area (Å²) in [6, 6.07) is 13.7. The van der Waals surface area contributed by atoms with Gasteiger partial charge in [-0.15, -0.1) is 0 Å². The molecular weight excluding hydrogens is 236 g/mol. The third kappa shape index (κ3) is 1.78. The summed E-state index contributed by atoms with van der Waals surface area (Å²) >= 11 is 0. The Balaban J connectivity index is 2.36. The van der Waals surface area contributed by atoms with Gasteiger partial charge in [-0.05, 0) is 30.7 Å². The molecule has 94 valence electrons. The number of hydrogen-bond acceptors (Lipinski definition) is 2. The van der Waals surface area contributed by atoms with Crippen LogP contribution in [0.15, 0.2) is 48.8 Å². The molecule has 0 amide bonds. The maximum Gasteiger partial charge on any atom is 0.124 e. The van der Waals surface area contributed by atoms with Gasteiger partial charge in [-0.1, -0.05) is 24.3 Å². The van der Waals surface area contributed by atoms with E-state index in [1.165, 1.54) is 0 Å². The molecule has 0 saturated carbocycles. The van der Waals surface area contributed by atoms with Crippen LogP contribution in [0.3, 0.4) is 0 Å². The number of amidine groups is 1. The molecule has 0 bridgehead atoms. The molecule has 3 aromatic rings. The van der Waals surface area contributed by atoms with Gasteiger partial charge in [0.25, 0.3) is 0 Å². The summed E-state index contributed by atoms with van der Waals surface area (Å²) in [6.07, 6.45) is 1.78. The van der Waals surface area contributed by atoms with E-state index < -0.39 is 0 Å². The Labute approximate surface area is 111 Å². The van der Waals surface area contributed by atoms with Crippen molar-refractivity contribution in [2.45, 2.75) is 6.92 Å². The van der Waals surface area contributed by atoms with E-state index in [-0.39, 0.29) is 5.84 Å². The maximum atomic E-state index is 7.73. The highest BCUT2D eigenvalue weighted by Crippen LogP contribution is 2.23. The quantitative estimate of drug-likeness (QED) is 0.542. The zero-order chi connectivity index (χ0) is 13.4. The first kappa shape index (κ1) is 11.5. The topological polar surface area (TPSA) is 67.7 Å². The molecule has 1 heterocycles. The second-order valence-corrected chi connectivity index (χ2v) is 4.49. The van der Waals surface area contributed by atoms with Crippen molar-refractivity contribution < 1.29 is 0 Å². The zero-order valence-electron chi connectivity index (χ0n) is 10.6. The number of nitrogens with two attached hydrogens (primary N) is 1. The largest absolute Gasteiger partial charge is 0.384 e. The van der Waals surface area contributed by atoms with Crippen LogP contribution in [0.25, 0.3) is 16.7 Å². The van der Waals surface area contributed by atoms with Crippen molar-refractivity contribution in [3.05, 3.63) is 59.9 Å². The van der Waals surface area contributed by atoms with E-state index in [9.17, 15) is 0 Å². The summed E-state index contributed by atoms with van der Waals surface area (Å²) in [4.78, 5) is 4.39. The van der Waals surface area contributed by atoms with Gasteiger partial charge in [-0.25, -0.2) is 4.98 Å². The smallest absolute Gasteiger partial charge is 0.124 e. The molecule has 0 atom stereocenters. The van der Waals surface area contributed by atoms with Crippen LogP contribution < -0.4 is 5.73 Å². The summed E-state index contributed by atoms with van der Waals surface area (Å²) in [7, 11) is 0. The summed E-state index contributed by atoms with van der Waals surface area (Å²) in [5.74, 6) is 0.0662. The molecule has 3 rings (SSSR count). The lowest BCUT2D eigenvalue weighted by atomic mass is 10.1. The third-order valence-electron chi connectivity index (χ3n) is 3.22. The lowest BCUT2D eigenvalue weighted by Crippen LogP contribution is -2.15. The van der Waals surface area contributed by atoms with Gasteiger partial charge in [0.05, 0.1) is 16.7 Å². The lowest BCUT2D eigenvalue weighted by molar-refractivity contribution is 1.07. The molecule has 0 spiro atoms. The molecule has 0 aliphatic carbocycles. The number of rotatable bonds is 2. The number of aromatic nitrogens is 2. The van der Waals surface area contributed by atoms with Crippen molar-refractivity contribution in [1.82, 2.24) is 9.55 Å². The summed E-state index contributed by atoms with van der Waals surface area (Å²) < 4.78 is 1.99. The molecule has 1 aromatic heterocycles. The van der Waals surface area contributed by atoms with Gasteiger partial charge >= 0.3 is 0 Å². The van der Waals surface area contributed by atoms with Gasteiger partial charge in [0.2, 0.25) is 0 Å². The minimum atomic E-state index is 0.0662. The Bertz CT molecular complexity index is 771. The van der Waals surface area contributed by atoms with Gasteiger partial charge in [-0.3, -0.25) is 9.98 Å². The SMILES string of the molecule is Cc1cccc(C(=N)N)c1-n1cnc2ccccc21. The average molecular weight is 250 g/mol. The van der Waals surface area contributed by atoms with Gasteiger partial charge in [0.1, 0.15) is 12.2 Å². The Hall–Kier alpha value is -2.62. The molecule has 0 aliphatic heterocycles. The number of nitrogens with zero attached hydrogens (tertiary/aromatic N) is 2. The van der Waals surface area contributed by atoms with Gasteiger partial charge in [-0.2, -0.15) is 0 Å². The highest BCUT2D eigenvalue weighted by molar-refractivity contribution is 5.99. The molecule has 3 N–H and O–H groups in total. The number of para-hydroxylation sites is 3. The zero-order valence-corrected chi connectivity index (χ0v) is 10.6. The van der Waals surface area contributed by atoms with E-state index in [4.69, 9.17) is 11.1 Å². The van der Waals surface area contributed by atoms with E-state index in [1.54, 1.807) is 6.33 Å². The Morgan fingerprint density at radius 3 is 2.74 bits per heavy atom. The van der Waals surface area contributed by atoms with Crippen molar-refractivity contribution in [3.63, 3.8) is 0 Å². The van der Waals surface area contributed by atoms with Crippen molar-refractivity contribution in [2.24, 2.45) is 5.73 Å². The lowest BCUT2D eigenvalue weighted by Gasteiger charge is -2.13. The summed E-state index contributed by atoms with van der Waals surface area (Å²) in [5, 5.41) is 7.73. The third-order valence-corrected chi connectivity index (χ3v) is 3.22. The van der Waals surface area contributed by atoms with E-state index in [0.29, 0.717) is 0 Å². The second kappa shape index (κ2) is 4.24.